The van der Waals surface area contributed by atoms with E-state index in [1.807, 2.05) is 32.0 Å². The molecular formula is C13H13BrN2O2S. The third-order valence-electron chi connectivity index (χ3n) is 2.72. The molecule has 100 valence electrons. The summed E-state index contributed by atoms with van der Waals surface area (Å²) in [4.78, 5) is 23.3. The van der Waals surface area contributed by atoms with Crippen molar-refractivity contribution in [1.29, 1.82) is 0 Å². The first-order valence-electron chi connectivity index (χ1n) is 5.68. The fourth-order valence-electron chi connectivity index (χ4n) is 1.66. The predicted molar refractivity (Wildman–Crippen MR) is 80.8 cm³/mol. The highest BCUT2D eigenvalue weighted by molar-refractivity contribution is 9.10. The molecule has 0 aliphatic heterocycles. The number of aryl methyl sites for hydroxylation is 2. The second-order valence-corrected chi connectivity index (χ2v) is 5.92. The summed E-state index contributed by atoms with van der Waals surface area (Å²) in [6.07, 6.45) is 0. The van der Waals surface area contributed by atoms with Gasteiger partial charge in [-0.05, 0) is 37.6 Å². The van der Waals surface area contributed by atoms with Gasteiger partial charge in [-0.15, -0.1) is 0 Å². The van der Waals surface area contributed by atoms with Crippen molar-refractivity contribution in [3.8, 4) is 0 Å². The number of rotatable bonds is 3. The molecule has 0 unspecified atom stereocenters. The van der Waals surface area contributed by atoms with E-state index in [0.29, 0.717) is 0 Å². The van der Waals surface area contributed by atoms with Crippen LogP contribution in [-0.4, -0.2) is 10.5 Å². The number of aromatic nitrogens is 1. The summed E-state index contributed by atoms with van der Waals surface area (Å²) in [5.74, 6) is -0.203. The number of thiazole rings is 1. The Balaban J connectivity index is 2.09. The van der Waals surface area contributed by atoms with Gasteiger partial charge in [-0.3, -0.25) is 14.2 Å². The summed E-state index contributed by atoms with van der Waals surface area (Å²) < 4.78 is 2.46. The molecule has 0 fully saturated rings. The molecule has 0 spiro atoms. The molecule has 0 bridgehead atoms. The Morgan fingerprint density at radius 3 is 2.74 bits per heavy atom. The normalized spacial score (nSPS) is 10.5. The fraction of sp³-hybridized carbons (Fsp3) is 0.231. The zero-order valence-corrected chi connectivity index (χ0v) is 13.0. The van der Waals surface area contributed by atoms with Crippen molar-refractivity contribution in [1.82, 2.24) is 4.57 Å². The number of benzene rings is 1. The highest BCUT2D eigenvalue weighted by Gasteiger charge is 2.09. The zero-order valence-electron chi connectivity index (χ0n) is 10.6. The number of nitrogens with zero attached hydrogens (tertiary/aromatic N) is 1. The second kappa shape index (κ2) is 5.71. The standard InChI is InChI=1S/C13H13BrN2O2S/c1-8-5-10(3-4-11(8)14)15-12(17)6-16-9(2)7-19-13(16)18/h3-5,7H,6H2,1-2H3,(H,15,17). The van der Waals surface area contributed by atoms with Crippen LogP contribution in [0.15, 0.2) is 32.8 Å². The highest BCUT2D eigenvalue weighted by atomic mass is 79.9. The second-order valence-electron chi connectivity index (χ2n) is 4.24. The van der Waals surface area contributed by atoms with Crippen LogP contribution in [0, 0.1) is 13.8 Å². The molecule has 4 nitrogen and oxygen atoms in total. The lowest BCUT2D eigenvalue weighted by Crippen LogP contribution is -2.25. The molecule has 0 saturated heterocycles. The summed E-state index contributed by atoms with van der Waals surface area (Å²) >= 11 is 4.51. The van der Waals surface area contributed by atoms with Crippen LogP contribution in [0.2, 0.25) is 0 Å². The van der Waals surface area contributed by atoms with Gasteiger partial charge in [0.25, 0.3) is 0 Å². The number of nitrogens with one attached hydrogen (secondary N) is 1. The molecule has 2 rings (SSSR count). The molecule has 1 amide bonds. The maximum atomic E-state index is 11.9. The van der Waals surface area contributed by atoms with Crippen LogP contribution in [0.1, 0.15) is 11.3 Å². The van der Waals surface area contributed by atoms with Gasteiger partial charge in [0, 0.05) is 21.2 Å². The number of hydrogen-bond acceptors (Lipinski definition) is 3. The number of carbonyl (C=O) groups excluding carboxylic acids is 1. The molecule has 1 N–H and O–H groups in total. The number of carbonyl (C=O) groups is 1. The molecule has 0 aliphatic carbocycles. The predicted octanol–water partition coefficient (Wildman–Crippen LogP) is 2.93. The molecule has 1 heterocycles. The van der Waals surface area contributed by atoms with Crippen molar-refractivity contribution in [2.24, 2.45) is 0 Å². The molecule has 19 heavy (non-hydrogen) atoms. The van der Waals surface area contributed by atoms with Gasteiger partial charge in [0.1, 0.15) is 6.54 Å². The van der Waals surface area contributed by atoms with Gasteiger partial charge < -0.3 is 5.32 Å². The molecule has 6 heteroatoms. The molecule has 1 aromatic heterocycles. The summed E-state index contributed by atoms with van der Waals surface area (Å²) in [6, 6.07) is 5.58. The molecule has 1 aromatic carbocycles. The van der Waals surface area contributed by atoms with Crippen molar-refractivity contribution in [2.75, 3.05) is 5.32 Å². The third-order valence-corrected chi connectivity index (χ3v) is 4.49. The van der Waals surface area contributed by atoms with Crippen molar-refractivity contribution in [2.45, 2.75) is 20.4 Å². The first kappa shape index (κ1) is 14.0. The minimum Gasteiger partial charge on any atom is -0.325 e. The lowest BCUT2D eigenvalue weighted by molar-refractivity contribution is -0.116. The van der Waals surface area contributed by atoms with Crippen LogP contribution in [0.4, 0.5) is 5.69 Å². The van der Waals surface area contributed by atoms with Gasteiger partial charge in [0.2, 0.25) is 5.91 Å². The van der Waals surface area contributed by atoms with Crippen molar-refractivity contribution in [3.05, 3.63) is 49.0 Å². The SMILES string of the molecule is Cc1cc(NC(=O)Cn2c(C)csc2=O)ccc1Br. The highest BCUT2D eigenvalue weighted by Crippen LogP contribution is 2.19. The first-order chi connectivity index (χ1) is 8.97. The molecule has 0 saturated carbocycles. The van der Waals surface area contributed by atoms with Crippen LogP contribution in [0.5, 0.6) is 0 Å². The summed E-state index contributed by atoms with van der Waals surface area (Å²) in [7, 11) is 0. The van der Waals surface area contributed by atoms with E-state index in [0.717, 1.165) is 32.8 Å². The topological polar surface area (TPSA) is 51.1 Å². The van der Waals surface area contributed by atoms with Crippen molar-refractivity contribution in [3.63, 3.8) is 0 Å². The van der Waals surface area contributed by atoms with E-state index in [1.165, 1.54) is 4.57 Å². The van der Waals surface area contributed by atoms with Gasteiger partial charge in [-0.1, -0.05) is 27.3 Å². The van der Waals surface area contributed by atoms with E-state index in [4.69, 9.17) is 0 Å². The largest absolute Gasteiger partial charge is 0.325 e. The Hall–Kier alpha value is -1.40. The number of anilines is 1. The average molecular weight is 341 g/mol. The maximum Gasteiger partial charge on any atom is 0.307 e. The first-order valence-corrected chi connectivity index (χ1v) is 7.35. The van der Waals surface area contributed by atoms with Crippen LogP contribution >= 0.6 is 27.3 Å². The van der Waals surface area contributed by atoms with Crippen LogP contribution < -0.4 is 10.2 Å². The summed E-state index contributed by atoms with van der Waals surface area (Å²) in [5, 5.41) is 4.54. The van der Waals surface area contributed by atoms with Crippen LogP contribution in [0.3, 0.4) is 0 Å². The third kappa shape index (κ3) is 3.33. The lowest BCUT2D eigenvalue weighted by Gasteiger charge is -2.08. The van der Waals surface area contributed by atoms with E-state index in [-0.39, 0.29) is 17.3 Å². The van der Waals surface area contributed by atoms with Gasteiger partial charge in [0.15, 0.2) is 0 Å². The van der Waals surface area contributed by atoms with E-state index in [1.54, 1.807) is 5.38 Å². The van der Waals surface area contributed by atoms with E-state index < -0.39 is 0 Å². The summed E-state index contributed by atoms with van der Waals surface area (Å²) in [6.45, 7) is 3.81. The smallest absolute Gasteiger partial charge is 0.307 e. The Labute approximate surface area is 123 Å². The minimum absolute atomic E-state index is 0.0449. The van der Waals surface area contributed by atoms with Crippen LogP contribution in [-0.2, 0) is 11.3 Å². The quantitative estimate of drug-likeness (QED) is 0.933. The monoisotopic (exact) mass is 340 g/mol. The lowest BCUT2D eigenvalue weighted by atomic mass is 10.2. The molecule has 0 radical (unpaired) electrons. The number of hydrogen-bond donors (Lipinski definition) is 1. The average Bonchev–Trinajstić information content (AvgIpc) is 2.66. The molecule has 0 aliphatic rings. The Morgan fingerprint density at radius 1 is 1.42 bits per heavy atom. The molecular weight excluding hydrogens is 328 g/mol. The van der Waals surface area contributed by atoms with Crippen molar-refractivity contribution >= 4 is 38.9 Å². The Kier molecular flexibility index (Phi) is 4.21. The maximum absolute atomic E-state index is 11.9. The van der Waals surface area contributed by atoms with Gasteiger partial charge in [-0.25, -0.2) is 0 Å². The van der Waals surface area contributed by atoms with Crippen LogP contribution in [0.25, 0.3) is 0 Å². The van der Waals surface area contributed by atoms with E-state index in [9.17, 15) is 9.59 Å². The minimum atomic E-state index is -0.203. The number of halogens is 1. The van der Waals surface area contributed by atoms with Gasteiger partial charge in [0.05, 0.1) is 0 Å². The summed E-state index contributed by atoms with van der Waals surface area (Å²) in [5.41, 5.74) is 2.57. The van der Waals surface area contributed by atoms with Crippen molar-refractivity contribution < 1.29 is 4.79 Å². The molecule has 2 aromatic rings. The zero-order chi connectivity index (χ0) is 14.0. The van der Waals surface area contributed by atoms with Gasteiger partial charge in [-0.2, -0.15) is 0 Å². The fourth-order valence-corrected chi connectivity index (χ4v) is 2.64. The Bertz CT molecular complexity index is 676. The van der Waals surface area contributed by atoms with Gasteiger partial charge >= 0.3 is 4.87 Å². The Morgan fingerprint density at radius 2 is 2.16 bits per heavy atom. The number of amides is 1. The molecule has 0 atom stereocenters. The van der Waals surface area contributed by atoms with E-state index in [2.05, 4.69) is 21.2 Å². The van der Waals surface area contributed by atoms with E-state index >= 15 is 0 Å².